The largest absolute Gasteiger partial charge is 0.459 e. The first-order valence-electron chi connectivity index (χ1n) is 5.05. The third-order valence-corrected chi connectivity index (χ3v) is 2.52. The van der Waals surface area contributed by atoms with Gasteiger partial charge in [-0.15, -0.1) is 0 Å². The van der Waals surface area contributed by atoms with Gasteiger partial charge in [-0.2, -0.15) is 0 Å². The second-order valence-corrected chi connectivity index (χ2v) is 5.10. The molecule has 0 N–H and O–H groups in total. The Balaban J connectivity index is 2.50. The van der Waals surface area contributed by atoms with Crippen LogP contribution in [-0.4, -0.2) is 28.6 Å². The van der Waals surface area contributed by atoms with E-state index in [0.717, 1.165) is 25.8 Å². The third kappa shape index (κ3) is 3.46. The summed E-state index contributed by atoms with van der Waals surface area (Å²) < 4.78 is 6.85. The van der Waals surface area contributed by atoms with E-state index in [1.807, 2.05) is 20.8 Å². The van der Waals surface area contributed by atoms with Crippen LogP contribution in [0.3, 0.4) is 0 Å². The summed E-state index contributed by atoms with van der Waals surface area (Å²) in [6.45, 7) is 6.37. The maximum absolute atomic E-state index is 11.7. The predicted molar refractivity (Wildman–Crippen MR) is 56.0 cm³/mol. The Kier molecular flexibility index (Phi) is 3.78. The average molecular weight is 220 g/mol. The summed E-state index contributed by atoms with van der Waals surface area (Å²) in [5.74, 6) is -0.202. The molecule has 0 bridgehead atoms. The van der Waals surface area contributed by atoms with Crippen molar-refractivity contribution in [2.24, 2.45) is 0 Å². The van der Waals surface area contributed by atoms with E-state index in [9.17, 15) is 4.79 Å². The molecule has 1 saturated heterocycles. The molecule has 0 spiro atoms. The molecule has 1 atom stereocenters. The highest BCUT2D eigenvalue weighted by molar-refractivity contribution is 6.14. The number of halogens is 1. The fourth-order valence-electron chi connectivity index (χ4n) is 1.50. The smallest absolute Gasteiger partial charge is 0.325 e. The van der Waals surface area contributed by atoms with Crippen molar-refractivity contribution in [1.29, 1.82) is 0 Å². The lowest BCUT2D eigenvalue weighted by atomic mass is 10.0. The quantitative estimate of drug-likeness (QED) is 0.501. The summed E-state index contributed by atoms with van der Waals surface area (Å²) in [5, 5.41) is 0. The van der Waals surface area contributed by atoms with Crippen LogP contribution >= 0.6 is 11.8 Å². The summed E-state index contributed by atoms with van der Waals surface area (Å²) in [6.07, 6.45) is 2.91. The van der Waals surface area contributed by atoms with Crippen LogP contribution in [0.5, 0.6) is 0 Å². The molecule has 1 aliphatic heterocycles. The molecule has 1 rings (SSSR count). The number of carbonyl (C=O) groups is 1. The lowest BCUT2D eigenvalue weighted by molar-refractivity contribution is -0.160. The van der Waals surface area contributed by atoms with Gasteiger partial charge in [0.05, 0.1) is 0 Å². The van der Waals surface area contributed by atoms with Crippen molar-refractivity contribution in [3.05, 3.63) is 0 Å². The fraction of sp³-hybridized carbons (Fsp3) is 0.900. The maximum Gasteiger partial charge on any atom is 0.325 e. The van der Waals surface area contributed by atoms with Crippen LogP contribution in [0.4, 0.5) is 0 Å². The van der Waals surface area contributed by atoms with Gasteiger partial charge in [-0.3, -0.25) is 4.79 Å². The monoisotopic (exact) mass is 219 g/mol. The molecular formula is C10H18ClNO2. The molecule has 14 heavy (non-hydrogen) atoms. The van der Waals surface area contributed by atoms with E-state index in [1.165, 1.54) is 0 Å². The van der Waals surface area contributed by atoms with Gasteiger partial charge in [-0.05, 0) is 51.8 Å². The van der Waals surface area contributed by atoms with Gasteiger partial charge in [-0.25, -0.2) is 4.42 Å². The number of esters is 1. The molecule has 0 aromatic heterocycles. The molecule has 4 heteroatoms. The highest BCUT2D eigenvalue weighted by Gasteiger charge is 2.31. The molecule has 0 radical (unpaired) electrons. The van der Waals surface area contributed by atoms with Crippen LogP contribution in [0.1, 0.15) is 40.0 Å². The topological polar surface area (TPSA) is 29.5 Å². The molecule has 3 nitrogen and oxygen atoms in total. The highest BCUT2D eigenvalue weighted by atomic mass is 35.5. The second-order valence-electron chi connectivity index (χ2n) is 4.67. The van der Waals surface area contributed by atoms with E-state index >= 15 is 0 Å². The maximum atomic E-state index is 11.7. The molecule has 1 fully saturated rings. The Morgan fingerprint density at radius 1 is 1.43 bits per heavy atom. The van der Waals surface area contributed by atoms with Gasteiger partial charge in [0.1, 0.15) is 11.6 Å². The first-order chi connectivity index (χ1) is 6.40. The number of rotatable bonds is 1. The van der Waals surface area contributed by atoms with E-state index in [-0.39, 0.29) is 12.0 Å². The van der Waals surface area contributed by atoms with Crippen molar-refractivity contribution in [3.63, 3.8) is 0 Å². The standard InChI is InChI=1S/C10H18ClNO2/c1-10(2,3)14-9(13)8-6-4-5-7-12(8)11/h8H,4-7H2,1-3H3. The van der Waals surface area contributed by atoms with E-state index in [1.54, 1.807) is 4.42 Å². The number of hydrogen-bond donors (Lipinski definition) is 0. The molecule has 0 aliphatic carbocycles. The van der Waals surface area contributed by atoms with Crippen LogP contribution in [0.2, 0.25) is 0 Å². The zero-order chi connectivity index (χ0) is 10.8. The molecule has 1 unspecified atom stereocenters. The minimum atomic E-state index is -0.424. The van der Waals surface area contributed by atoms with E-state index in [0.29, 0.717) is 0 Å². The van der Waals surface area contributed by atoms with Gasteiger partial charge in [-0.1, -0.05) is 0 Å². The zero-order valence-corrected chi connectivity index (χ0v) is 9.80. The Hall–Kier alpha value is -0.280. The van der Waals surface area contributed by atoms with Crippen LogP contribution in [-0.2, 0) is 9.53 Å². The molecule has 0 aromatic carbocycles. The lowest BCUT2D eigenvalue weighted by Gasteiger charge is -2.30. The summed E-state index contributed by atoms with van der Waals surface area (Å²) in [5.41, 5.74) is -0.424. The van der Waals surface area contributed by atoms with Gasteiger partial charge >= 0.3 is 5.97 Å². The van der Waals surface area contributed by atoms with Crippen LogP contribution in [0.15, 0.2) is 0 Å². The molecular weight excluding hydrogens is 202 g/mol. The Morgan fingerprint density at radius 3 is 2.57 bits per heavy atom. The van der Waals surface area contributed by atoms with Gasteiger partial charge in [0.15, 0.2) is 0 Å². The minimum absolute atomic E-state index is 0.202. The predicted octanol–water partition coefficient (Wildman–Crippen LogP) is 2.34. The zero-order valence-electron chi connectivity index (χ0n) is 9.05. The number of ether oxygens (including phenoxy) is 1. The molecule has 1 aliphatic rings. The molecule has 82 valence electrons. The van der Waals surface area contributed by atoms with Crippen molar-refractivity contribution in [2.75, 3.05) is 6.54 Å². The number of piperidine rings is 1. The van der Waals surface area contributed by atoms with Gasteiger partial charge in [0.2, 0.25) is 0 Å². The SMILES string of the molecule is CC(C)(C)OC(=O)C1CCCCN1Cl. The Labute approximate surface area is 90.5 Å². The highest BCUT2D eigenvalue weighted by Crippen LogP contribution is 2.21. The number of nitrogens with zero attached hydrogens (tertiary/aromatic N) is 1. The Bertz CT molecular complexity index is 213. The average Bonchev–Trinajstić information content (AvgIpc) is 2.01. The van der Waals surface area contributed by atoms with Gasteiger partial charge in [0.25, 0.3) is 0 Å². The Morgan fingerprint density at radius 2 is 2.07 bits per heavy atom. The minimum Gasteiger partial charge on any atom is -0.459 e. The summed E-state index contributed by atoms with van der Waals surface area (Å²) in [7, 11) is 0. The normalized spacial score (nSPS) is 24.7. The van der Waals surface area contributed by atoms with E-state index in [2.05, 4.69) is 0 Å². The van der Waals surface area contributed by atoms with Crippen LogP contribution in [0.25, 0.3) is 0 Å². The molecule has 0 amide bonds. The lowest BCUT2D eigenvalue weighted by Crippen LogP contribution is -2.42. The van der Waals surface area contributed by atoms with Crippen molar-refractivity contribution < 1.29 is 9.53 Å². The van der Waals surface area contributed by atoms with Crippen molar-refractivity contribution in [2.45, 2.75) is 51.7 Å². The number of hydrogen-bond acceptors (Lipinski definition) is 3. The molecule has 1 heterocycles. The fourth-order valence-corrected chi connectivity index (χ4v) is 1.80. The summed E-state index contributed by atoms with van der Waals surface area (Å²) >= 11 is 5.94. The third-order valence-electron chi connectivity index (χ3n) is 2.12. The van der Waals surface area contributed by atoms with E-state index < -0.39 is 5.60 Å². The first-order valence-corrected chi connectivity index (χ1v) is 5.39. The van der Waals surface area contributed by atoms with Gasteiger partial charge < -0.3 is 4.74 Å². The summed E-state index contributed by atoms with van der Waals surface area (Å²) in [6, 6.07) is -0.260. The van der Waals surface area contributed by atoms with Crippen molar-refractivity contribution >= 4 is 17.7 Å². The van der Waals surface area contributed by atoms with Crippen LogP contribution < -0.4 is 0 Å². The number of carbonyl (C=O) groups excluding carboxylic acids is 1. The summed E-state index contributed by atoms with van der Waals surface area (Å²) in [4.78, 5) is 11.7. The molecule has 0 saturated carbocycles. The second kappa shape index (κ2) is 4.49. The van der Waals surface area contributed by atoms with E-state index in [4.69, 9.17) is 16.5 Å². The van der Waals surface area contributed by atoms with Gasteiger partial charge in [0, 0.05) is 6.54 Å². The van der Waals surface area contributed by atoms with Crippen molar-refractivity contribution in [1.82, 2.24) is 4.42 Å². The molecule has 0 aromatic rings. The van der Waals surface area contributed by atoms with Crippen LogP contribution in [0, 0.1) is 0 Å². The van der Waals surface area contributed by atoms with Crippen molar-refractivity contribution in [3.8, 4) is 0 Å². The first kappa shape index (κ1) is 11.8.